The van der Waals surface area contributed by atoms with Gasteiger partial charge in [0.05, 0.1) is 11.0 Å². The highest BCUT2D eigenvalue weighted by molar-refractivity contribution is 6.16. The Kier molecular flexibility index (Phi) is 9.02. The first-order valence-corrected chi connectivity index (χ1v) is 23.1. The molecule has 0 amide bonds. The van der Waals surface area contributed by atoms with Crippen molar-refractivity contribution in [1.29, 1.82) is 0 Å². The SMILES string of the molecule is C1=Cc2c(cccc2-c2ccc(N(c3ccc(-c4cccc5ccccc45)cc3)c3cccc(-c4cccc5c4c4ccccc4n5-c4ccc5c(ccc6ccccc65)c4)c3)cc2)CC1. The van der Waals surface area contributed by atoms with Crippen molar-refractivity contribution in [1.82, 2.24) is 4.57 Å². The second-order valence-electron chi connectivity index (χ2n) is 17.6. The van der Waals surface area contributed by atoms with Gasteiger partial charge in [0.25, 0.3) is 0 Å². The number of hydrogen-bond donors (Lipinski definition) is 0. The summed E-state index contributed by atoms with van der Waals surface area (Å²) in [5, 5.41) is 10.0. The van der Waals surface area contributed by atoms with Crippen molar-refractivity contribution in [3.05, 3.63) is 248 Å². The lowest BCUT2D eigenvalue weighted by atomic mass is 9.90. The monoisotopic (exact) mass is 840 g/mol. The number of anilines is 3. The van der Waals surface area contributed by atoms with Crippen LogP contribution in [0.1, 0.15) is 17.5 Å². The molecule has 0 atom stereocenters. The smallest absolute Gasteiger partial charge is 0.0547 e. The van der Waals surface area contributed by atoms with Crippen LogP contribution in [0.3, 0.4) is 0 Å². The maximum absolute atomic E-state index is 2.44. The van der Waals surface area contributed by atoms with E-state index in [1.54, 1.807) is 0 Å². The number of fused-ring (bicyclic) bond motifs is 8. The Labute approximate surface area is 384 Å². The van der Waals surface area contributed by atoms with Gasteiger partial charge >= 0.3 is 0 Å². The summed E-state index contributed by atoms with van der Waals surface area (Å²) in [6, 6.07) is 85.0. The molecule has 11 aromatic carbocycles. The van der Waals surface area contributed by atoms with Gasteiger partial charge in [-0.05, 0) is 150 Å². The first-order chi connectivity index (χ1) is 32.7. The van der Waals surface area contributed by atoms with E-state index < -0.39 is 0 Å². The average molecular weight is 841 g/mol. The van der Waals surface area contributed by atoms with E-state index in [4.69, 9.17) is 0 Å². The van der Waals surface area contributed by atoms with Crippen molar-refractivity contribution in [3.63, 3.8) is 0 Å². The van der Waals surface area contributed by atoms with Gasteiger partial charge in [-0.15, -0.1) is 0 Å². The van der Waals surface area contributed by atoms with Crippen molar-refractivity contribution in [2.45, 2.75) is 12.8 Å². The third-order valence-corrected chi connectivity index (χ3v) is 13.8. The van der Waals surface area contributed by atoms with Gasteiger partial charge in [0.15, 0.2) is 0 Å². The van der Waals surface area contributed by atoms with Crippen molar-refractivity contribution in [3.8, 4) is 39.1 Å². The van der Waals surface area contributed by atoms with Crippen molar-refractivity contribution >= 4 is 77.3 Å². The minimum absolute atomic E-state index is 1.09. The molecule has 0 saturated heterocycles. The summed E-state index contributed by atoms with van der Waals surface area (Å²) in [6.07, 6.45) is 6.80. The maximum Gasteiger partial charge on any atom is 0.0547 e. The number of allylic oxidation sites excluding steroid dienone is 1. The lowest BCUT2D eigenvalue weighted by Crippen LogP contribution is -2.10. The normalized spacial score (nSPS) is 12.4. The van der Waals surface area contributed by atoms with Crippen LogP contribution < -0.4 is 4.90 Å². The Bertz CT molecular complexity index is 3860. The minimum atomic E-state index is 1.09. The molecule has 0 aliphatic heterocycles. The zero-order valence-electron chi connectivity index (χ0n) is 36.4. The van der Waals surface area contributed by atoms with E-state index >= 15 is 0 Å². The van der Waals surface area contributed by atoms with Gasteiger partial charge in [0, 0.05) is 33.5 Å². The molecule has 13 rings (SSSR count). The number of para-hydroxylation sites is 1. The highest BCUT2D eigenvalue weighted by Crippen LogP contribution is 2.43. The Hall–Kier alpha value is -8.46. The summed E-state index contributed by atoms with van der Waals surface area (Å²) < 4.78 is 2.44. The van der Waals surface area contributed by atoms with E-state index in [-0.39, 0.29) is 0 Å². The summed E-state index contributed by atoms with van der Waals surface area (Å²) in [5.41, 5.74) is 16.9. The van der Waals surface area contributed by atoms with E-state index in [0.717, 1.165) is 35.6 Å². The molecule has 2 heteroatoms. The minimum Gasteiger partial charge on any atom is -0.310 e. The van der Waals surface area contributed by atoms with Gasteiger partial charge in [-0.2, -0.15) is 0 Å². The Morgan fingerprint density at radius 3 is 1.80 bits per heavy atom. The van der Waals surface area contributed by atoms with Gasteiger partial charge in [-0.25, -0.2) is 0 Å². The van der Waals surface area contributed by atoms with E-state index in [0.29, 0.717) is 0 Å². The highest BCUT2D eigenvalue weighted by atomic mass is 15.1. The standard InChI is InChI=1S/C64H44N2/c1-4-20-54-43(13-1)16-10-24-57(54)46-31-35-50(36-32-46)65(51-37-33-47(34-38-51)58-25-11-17-44-14-2-5-21-55(44)58)52-19-9-18-48(41-52)60-26-12-28-63-64(60)61-23-7-8-27-62(61)66(63)53-39-40-59-49(42-53)30-29-45-15-3-6-22-56(45)59/h1,3-13,15-42H,2,14H2. The third-order valence-electron chi connectivity index (χ3n) is 13.8. The molecule has 1 aliphatic rings. The molecule has 2 nitrogen and oxygen atoms in total. The average Bonchev–Trinajstić information content (AvgIpc) is 3.73. The Morgan fingerprint density at radius 1 is 0.364 bits per heavy atom. The number of benzene rings is 11. The van der Waals surface area contributed by atoms with Gasteiger partial charge in [-0.3, -0.25) is 0 Å². The molecule has 310 valence electrons. The van der Waals surface area contributed by atoms with Crippen LogP contribution in [0.15, 0.2) is 237 Å². The number of hydrogen-bond acceptors (Lipinski definition) is 1. The number of aryl methyl sites for hydroxylation is 1. The van der Waals surface area contributed by atoms with Crippen LogP contribution in [-0.2, 0) is 6.42 Å². The summed E-state index contributed by atoms with van der Waals surface area (Å²) in [5.74, 6) is 0. The molecule has 1 aliphatic carbocycles. The van der Waals surface area contributed by atoms with E-state index in [9.17, 15) is 0 Å². The van der Waals surface area contributed by atoms with Crippen LogP contribution in [0.5, 0.6) is 0 Å². The van der Waals surface area contributed by atoms with Gasteiger partial charge in [0.2, 0.25) is 0 Å². The second-order valence-corrected chi connectivity index (χ2v) is 17.6. The lowest BCUT2D eigenvalue weighted by molar-refractivity contribution is 0.986. The number of nitrogens with zero attached hydrogens (tertiary/aromatic N) is 2. The van der Waals surface area contributed by atoms with Gasteiger partial charge < -0.3 is 9.47 Å². The summed E-state index contributed by atoms with van der Waals surface area (Å²) in [4.78, 5) is 2.41. The zero-order valence-corrected chi connectivity index (χ0v) is 36.4. The fourth-order valence-electron chi connectivity index (χ4n) is 10.7. The molecule has 0 unspecified atom stereocenters. The molecule has 0 N–H and O–H groups in total. The lowest BCUT2D eigenvalue weighted by Gasteiger charge is -2.27. The Morgan fingerprint density at radius 2 is 0.970 bits per heavy atom. The number of aromatic nitrogens is 1. The molecular formula is C64H44N2. The van der Waals surface area contributed by atoms with Gasteiger partial charge in [-0.1, -0.05) is 182 Å². The molecular weight excluding hydrogens is 797 g/mol. The quantitative estimate of drug-likeness (QED) is 0.145. The van der Waals surface area contributed by atoms with Crippen molar-refractivity contribution < 1.29 is 0 Å². The van der Waals surface area contributed by atoms with Crippen LogP contribution in [-0.4, -0.2) is 4.57 Å². The van der Waals surface area contributed by atoms with Crippen molar-refractivity contribution in [2.24, 2.45) is 0 Å². The predicted octanol–water partition coefficient (Wildman–Crippen LogP) is 17.7. The number of rotatable bonds is 7. The van der Waals surface area contributed by atoms with Crippen LogP contribution in [0, 0.1) is 0 Å². The first kappa shape index (κ1) is 38.0. The van der Waals surface area contributed by atoms with E-state index in [1.165, 1.54) is 98.6 Å². The van der Waals surface area contributed by atoms with E-state index in [2.05, 4.69) is 252 Å². The first-order valence-electron chi connectivity index (χ1n) is 23.1. The van der Waals surface area contributed by atoms with Crippen LogP contribution in [0.25, 0.3) is 99.3 Å². The molecule has 0 radical (unpaired) electrons. The predicted molar refractivity (Wildman–Crippen MR) is 282 cm³/mol. The van der Waals surface area contributed by atoms with Crippen molar-refractivity contribution in [2.75, 3.05) is 4.90 Å². The van der Waals surface area contributed by atoms with Crippen LogP contribution in [0.4, 0.5) is 17.1 Å². The topological polar surface area (TPSA) is 8.17 Å². The molecule has 66 heavy (non-hydrogen) atoms. The molecule has 0 spiro atoms. The van der Waals surface area contributed by atoms with Crippen LogP contribution >= 0.6 is 0 Å². The molecule has 1 heterocycles. The Balaban J connectivity index is 0.947. The zero-order chi connectivity index (χ0) is 43.6. The highest BCUT2D eigenvalue weighted by Gasteiger charge is 2.20. The molecule has 0 fully saturated rings. The maximum atomic E-state index is 2.44. The molecule has 0 saturated carbocycles. The van der Waals surface area contributed by atoms with E-state index in [1.807, 2.05) is 0 Å². The fourth-order valence-corrected chi connectivity index (χ4v) is 10.7. The second kappa shape index (κ2) is 15.7. The molecule has 12 aromatic rings. The summed E-state index contributed by atoms with van der Waals surface area (Å²) >= 11 is 0. The van der Waals surface area contributed by atoms with Gasteiger partial charge in [0.1, 0.15) is 0 Å². The summed E-state index contributed by atoms with van der Waals surface area (Å²) in [7, 11) is 0. The molecule has 1 aromatic heterocycles. The van der Waals surface area contributed by atoms with Crippen LogP contribution in [0.2, 0.25) is 0 Å². The summed E-state index contributed by atoms with van der Waals surface area (Å²) in [6.45, 7) is 0. The largest absolute Gasteiger partial charge is 0.310 e. The fraction of sp³-hybridized carbons (Fsp3) is 0.0312. The molecule has 0 bridgehead atoms. The third kappa shape index (κ3) is 6.33.